The van der Waals surface area contributed by atoms with Gasteiger partial charge in [-0.15, -0.1) is 6.58 Å². The van der Waals surface area contributed by atoms with Crippen LogP contribution in [0.3, 0.4) is 0 Å². The van der Waals surface area contributed by atoms with Gasteiger partial charge in [0, 0.05) is 6.10 Å². The lowest BCUT2D eigenvalue weighted by atomic mass is 9.83. The highest BCUT2D eigenvalue weighted by atomic mass is 28.2. The van der Waals surface area contributed by atoms with Gasteiger partial charge < -0.3 is 4.43 Å². The highest BCUT2D eigenvalue weighted by molar-refractivity contribution is 5.98. The lowest BCUT2D eigenvalue weighted by Gasteiger charge is -2.32. The third-order valence-electron chi connectivity index (χ3n) is 1.80. The molecule has 2 heteroatoms. The number of allylic oxidation sites excluding steroid dienone is 1. The van der Waals surface area contributed by atoms with E-state index in [0.29, 0.717) is 6.10 Å². The summed E-state index contributed by atoms with van der Waals surface area (Å²) in [6, 6.07) is 0. The van der Waals surface area contributed by atoms with Crippen LogP contribution in [0.15, 0.2) is 12.7 Å². The molecule has 1 rings (SSSR count). The van der Waals surface area contributed by atoms with Crippen LogP contribution in [0.4, 0.5) is 0 Å². The Balaban J connectivity index is 2.11. The largest absolute Gasteiger partial charge is 0.425 e. The van der Waals surface area contributed by atoms with Crippen molar-refractivity contribution in [3.8, 4) is 0 Å². The summed E-state index contributed by atoms with van der Waals surface area (Å²) in [5.41, 5.74) is 0. The summed E-state index contributed by atoms with van der Waals surface area (Å²) < 4.78 is 5.21. The van der Waals surface area contributed by atoms with Gasteiger partial charge in [0.25, 0.3) is 0 Å². The normalized spacial score (nSPS) is 36.5. The van der Waals surface area contributed by atoms with Crippen LogP contribution in [0.25, 0.3) is 0 Å². The molecule has 0 aromatic carbocycles. The minimum atomic E-state index is 0.588. The van der Waals surface area contributed by atoms with Crippen molar-refractivity contribution in [3.05, 3.63) is 12.7 Å². The average molecular weight is 128 g/mol. The van der Waals surface area contributed by atoms with Crippen molar-refractivity contribution in [2.75, 3.05) is 0 Å². The monoisotopic (exact) mass is 128 g/mol. The van der Waals surface area contributed by atoms with Crippen LogP contribution >= 0.6 is 0 Å². The summed E-state index contributed by atoms with van der Waals surface area (Å²) in [6.45, 7) is 3.71. The van der Waals surface area contributed by atoms with Gasteiger partial charge in [-0.25, -0.2) is 0 Å². The number of hydrogen-bond donors (Lipinski definition) is 0. The molecule has 1 nitrogen and oxygen atoms in total. The van der Waals surface area contributed by atoms with E-state index in [0.717, 1.165) is 16.4 Å². The van der Waals surface area contributed by atoms with Gasteiger partial charge >= 0.3 is 0 Å². The minimum absolute atomic E-state index is 0.588. The van der Waals surface area contributed by atoms with E-state index in [-0.39, 0.29) is 0 Å². The number of hydrogen-bond acceptors (Lipinski definition) is 1. The molecule has 0 amide bonds. The highest BCUT2D eigenvalue weighted by Gasteiger charge is 2.25. The first-order valence-electron chi connectivity index (χ1n) is 3.02. The summed E-state index contributed by atoms with van der Waals surface area (Å²) in [6.07, 6.45) is 5.04. The molecule has 0 heterocycles. The second-order valence-electron chi connectivity index (χ2n) is 2.32. The predicted molar refractivity (Wildman–Crippen MR) is 37.7 cm³/mol. The molecule has 0 bridgehead atoms. The summed E-state index contributed by atoms with van der Waals surface area (Å²) in [5.74, 6) is 0.758. The van der Waals surface area contributed by atoms with Gasteiger partial charge in [-0.1, -0.05) is 6.08 Å². The lowest BCUT2D eigenvalue weighted by molar-refractivity contribution is 0.0966. The van der Waals surface area contributed by atoms with Crippen LogP contribution in [0.1, 0.15) is 12.8 Å². The molecule has 0 saturated heterocycles. The van der Waals surface area contributed by atoms with E-state index in [1.54, 1.807) is 0 Å². The van der Waals surface area contributed by atoms with Crippen LogP contribution in [-0.2, 0) is 4.43 Å². The van der Waals surface area contributed by atoms with Gasteiger partial charge in [0.15, 0.2) is 0 Å². The van der Waals surface area contributed by atoms with Crippen molar-refractivity contribution in [1.82, 2.24) is 0 Å². The van der Waals surface area contributed by atoms with Crippen LogP contribution in [-0.4, -0.2) is 16.6 Å². The zero-order valence-electron chi connectivity index (χ0n) is 5.26. The van der Waals surface area contributed by atoms with E-state index in [9.17, 15) is 0 Å². The zero-order valence-corrected chi connectivity index (χ0v) is 7.26. The van der Waals surface area contributed by atoms with E-state index in [2.05, 4.69) is 6.58 Å². The van der Waals surface area contributed by atoms with Crippen LogP contribution in [0.2, 0.25) is 0 Å². The van der Waals surface area contributed by atoms with Crippen molar-refractivity contribution >= 4 is 10.5 Å². The SMILES string of the molecule is C=CC1CC(O[SiH3])C1. The molecule has 0 atom stereocenters. The molecule has 8 heavy (non-hydrogen) atoms. The van der Waals surface area contributed by atoms with Crippen molar-refractivity contribution < 1.29 is 4.43 Å². The second-order valence-corrected chi connectivity index (χ2v) is 2.80. The van der Waals surface area contributed by atoms with E-state index in [4.69, 9.17) is 4.43 Å². The third kappa shape index (κ3) is 1.01. The van der Waals surface area contributed by atoms with Gasteiger partial charge in [-0.3, -0.25) is 0 Å². The van der Waals surface area contributed by atoms with E-state index < -0.39 is 0 Å². The first kappa shape index (κ1) is 6.04. The molecule has 1 aliphatic rings. The Kier molecular flexibility index (Phi) is 1.86. The number of rotatable bonds is 2. The van der Waals surface area contributed by atoms with Gasteiger partial charge in [-0.2, -0.15) is 0 Å². The standard InChI is InChI=1S/C6H12OSi/c1-2-5-3-6(4-5)7-8/h2,5-6H,1,3-4H2,8H3. The maximum Gasteiger partial charge on any atom is 0.146 e. The molecule has 1 saturated carbocycles. The third-order valence-corrected chi connectivity index (χ3v) is 2.46. The Hall–Kier alpha value is -0.0831. The molecule has 1 fully saturated rings. The van der Waals surface area contributed by atoms with E-state index in [1.165, 1.54) is 12.8 Å². The van der Waals surface area contributed by atoms with Crippen LogP contribution in [0.5, 0.6) is 0 Å². The maximum absolute atomic E-state index is 5.21. The predicted octanol–water partition coefficient (Wildman–Crippen LogP) is 0.248. The van der Waals surface area contributed by atoms with E-state index >= 15 is 0 Å². The first-order valence-corrected chi connectivity index (χ1v) is 3.84. The Morgan fingerprint density at radius 2 is 2.25 bits per heavy atom. The Morgan fingerprint density at radius 3 is 2.62 bits per heavy atom. The van der Waals surface area contributed by atoms with Gasteiger partial charge in [0.2, 0.25) is 0 Å². The second kappa shape index (κ2) is 2.46. The van der Waals surface area contributed by atoms with Crippen LogP contribution in [0, 0.1) is 5.92 Å². The molecule has 0 radical (unpaired) electrons. The molecule has 0 aromatic rings. The van der Waals surface area contributed by atoms with Crippen molar-refractivity contribution in [2.24, 2.45) is 5.92 Å². The quantitative estimate of drug-likeness (QED) is 0.382. The molecule has 0 aromatic heterocycles. The average Bonchev–Trinajstić information content (AvgIpc) is 1.65. The molecular formula is C6H12OSi. The summed E-state index contributed by atoms with van der Waals surface area (Å²) >= 11 is 0. The fraction of sp³-hybridized carbons (Fsp3) is 0.667. The Labute approximate surface area is 53.3 Å². The fourth-order valence-corrected chi connectivity index (χ4v) is 1.38. The molecule has 0 N–H and O–H groups in total. The topological polar surface area (TPSA) is 9.23 Å². The van der Waals surface area contributed by atoms with E-state index in [1.807, 2.05) is 6.08 Å². The summed E-state index contributed by atoms with van der Waals surface area (Å²) in [5, 5.41) is 0. The summed E-state index contributed by atoms with van der Waals surface area (Å²) in [7, 11) is 0.893. The maximum atomic E-state index is 5.21. The van der Waals surface area contributed by atoms with Crippen molar-refractivity contribution in [3.63, 3.8) is 0 Å². The Morgan fingerprint density at radius 1 is 1.62 bits per heavy atom. The molecule has 0 unspecified atom stereocenters. The Bertz CT molecular complexity index is 86.5. The minimum Gasteiger partial charge on any atom is -0.425 e. The lowest BCUT2D eigenvalue weighted by Crippen LogP contribution is -2.28. The van der Waals surface area contributed by atoms with Crippen molar-refractivity contribution in [1.29, 1.82) is 0 Å². The highest BCUT2D eigenvalue weighted by Crippen LogP contribution is 2.29. The van der Waals surface area contributed by atoms with Gasteiger partial charge in [-0.05, 0) is 18.8 Å². The first-order chi connectivity index (χ1) is 3.86. The van der Waals surface area contributed by atoms with Gasteiger partial charge in [0.1, 0.15) is 10.5 Å². The molecule has 46 valence electrons. The summed E-state index contributed by atoms with van der Waals surface area (Å²) in [4.78, 5) is 0. The smallest absolute Gasteiger partial charge is 0.146 e. The van der Waals surface area contributed by atoms with Crippen LogP contribution < -0.4 is 0 Å². The molecular weight excluding hydrogens is 116 g/mol. The fourth-order valence-electron chi connectivity index (χ4n) is 0.991. The zero-order chi connectivity index (χ0) is 5.98. The molecule has 0 aliphatic heterocycles. The van der Waals surface area contributed by atoms with Gasteiger partial charge in [0.05, 0.1) is 0 Å². The molecule has 1 aliphatic carbocycles. The molecule has 0 spiro atoms. The van der Waals surface area contributed by atoms with Crippen molar-refractivity contribution in [2.45, 2.75) is 18.9 Å².